The van der Waals surface area contributed by atoms with Gasteiger partial charge in [0.2, 0.25) is 11.9 Å². The van der Waals surface area contributed by atoms with Gasteiger partial charge >= 0.3 is 17.9 Å². The summed E-state index contributed by atoms with van der Waals surface area (Å²) in [6.45, 7) is 8.70. The van der Waals surface area contributed by atoms with Crippen LogP contribution < -0.4 is 20.3 Å². The molecule has 1 amide bonds. The Morgan fingerprint density at radius 3 is 2.27 bits per heavy atom. The van der Waals surface area contributed by atoms with Crippen LogP contribution in [-0.4, -0.2) is 101 Å². The Bertz CT molecular complexity index is 1920. The molecule has 0 bridgehead atoms. The standard InChI is InChI=1S/C32H39N7O4.C4H4O4/c1-9-29(40)34-24-16-25(28(42-8)17-27(24)38(6)15-14-37(4)5)35-32-33-18-22(31(41)43-20(2)3)30(36-32)23-19-39(7)26-13-11-10-12-21(23)26;5-3(6)1-2-4(7)8/h9-13,16-20H,1,14-15H2,2-8H3,(H,34,40)(H,33,35,36);1-2H,(H,5,6)(H,7,8)/b;2-1+. The number of carbonyl (C=O) groups is 4. The lowest BCUT2D eigenvalue weighted by molar-refractivity contribution is -0.134. The van der Waals surface area contributed by atoms with Gasteiger partial charge in [-0.3, -0.25) is 4.79 Å². The molecule has 0 saturated heterocycles. The highest BCUT2D eigenvalue weighted by Crippen LogP contribution is 2.39. The molecular formula is C36H43N7O8. The number of anilines is 4. The summed E-state index contributed by atoms with van der Waals surface area (Å²) in [5.74, 6) is -2.62. The second-order valence-corrected chi connectivity index (χ2v) is 11.7. The Balaban J connectivity index is 0.000000783. The number of carbonyl (C=O) groups excluding carboxylic acids is 2. The van der Waals surface area contributed by atoms with Crippen LogP contribution in [-0.2, 0) is 26.2 Å². The smallest absolute Gasteiger partial charge is 0.342 e. The van der Waals surface area contributed by atoms with E-state index in [2.05, 4.69) is 27.1 Å². The number of aryl methyl sites for hydroxylation is 1. The number of aliphatic carboxylic acids is 2. The number of benzene rings is 2. The van der Waals surface area contributed by atoms with E-state index in [9.17, 15) is 19.2 Å². The largest absolute Gasteiger partial charge is 0.494 e. The second kappa shape index (κ2) is 18.0. The summed E-state index contributed by atoms with van der Waals surface area (Å²) in [5.41, 5.74) is 4.28. The number of methoxy groups -OCH3 is 1. The van der Waals surface area contributed by atoms with Crippen molar-refractivity contribution in [2.75, 3.05) is 56.9 Å². The fourth-order valence-corrected chi connectivity index (χ4v) is 4.77. The van der Waals surface area contributed by atoms with Gasteiger partial charge in [0.25, 0.3) is 0 Å². The molecule has 4 N–H and O–H groups in total. The Morgan fingerprint density at radius 2 is 1.69 bits per heavy atom. The van der Waals surface area contributed by atoms with Crippen LogP contribution in [0, 0.1) is 0 Å². The molecule has 4 aromatic rings. The van der Waals surface area contributed by atoms with Gasteiger partial charge in [0, 0.05) is 74.3 Å². The number of amides is 1. The number of carboxylic acid groups (broad SMARTS) is 2. The molecule has 0 aliphatic rings. The van der Waals surface area contributed by atoms with Crippen molar-refractivity contribution in [3.8, 4) is 17.0 Å². The fourth-order valence-electron chi connectivity index (χ4n) is 4.77. The van der Waals surface area contributed by atoms with Crippen LogP contribution in [0.5, 0.6) is 5.75 Å². The summed E-state index contributed by atoms with van der Waals surface area (Å²) in [7, 11) is 9.46. The van der Waals surface area contributed by atoms with Gasteiger partial charge in [-0.2, -0.15) is 0 Å². The molecule has 0 saturated carbocycles. The quantitative estimate of drug-likeness (QED) is 0.104. The molecular weight excluding hydrogens is 658 g/mol. The molecule has 2 heterocycles. The number of carboxylic acids is 2. The van der Waals surface area contributed by atoms with Crippen molar-refractivity contribution in [1.29, 1.82) is 0 Å². The Hall–Kier alpha value is -6.22. The number of aromatic nitrogens is 3. The van der Waals surface area contributed by atoms with Crippen molar-refractivity contribution in [2.45, 2.75) is 20.0 Å². The van der Waals surface area contributed by atoms with E-state index in [-0.39, 0.29) is 23.5 Å². The maximum Gasteiger partial charge on any atom is 0.342 e. The molecule has 0 unspecified atom stereocenters. The van der Waals surface area contributed by atoms with E-state index in [1.54, 1.807) is 27.0 Å². The minimum Gasteiger partial charge on any atom is -0.494 e. The number of esters is 1. The van der Waals surface area contributed by atoms with Gasteiger partial charge in [-0.05, 0) is 46.2 Å². The first-order valence-corrected chi connectivity index (χ1v) is 15.7. The summed E-state index contributed by atoms with van der Waals surface area (Å²) < 4.78 is 13.2. The molecule has 0 fully saturated rings. The molecule has 0 aliphatic heterocycles. The number of nitrogens with zero attached hydrogens (tertiary/aromatic N) is 5. The van der Waals surface area contributed by atoms with Gasteiger partial charge in [0.15, 0.2) is 0 Å². The van der Waals surface area contributed by atoms with Crippen molar-refractivity contribution in [2.24, 2.45) is 7.05 Å². The zero-order chi connectivity index (χ0) is 37.8. The lowest BCUT2D eigenvalue weighted by Crippen LogP contribution is -2.29. The van der Waals surface area contributed by atoms with E-state index in [0.717, 1.165) is 28.7 Å². The van der Waals surface area contributed by atoms with Gasteiger partial charge in [-0.15, -0.1) is 0 Å². The van der Waals surface area contributed by atoms with Gasteiger partial charge < -0.3 is 44.7 Å². The molecule has 0 spiro atoms. The van der Waals surface area contributed by atoms with Gasteiger partial charge in [0.05, 0.1) is 36.0 Å². The Kier molecular flexibility index (Phi) is 13.8. The molecule has 0 radical (unpaired) electrons. The number of rotatable bonds is 14. The summed E-state index contributed by atoms with van der Waals surface area (Å²) in [5, 5.41) is 22.7. The van der Waals surface area contributed by atoms with Crippen molar-refractivity contribution < 1.29 is 38.9 Å². The highest BCUT2D eigenvalue weighted by Gasteiger charge is 2.23. The molecule has 2 aromatic heterocycles. The zero-order valence-corrected chi connectivity index (χ0v) is 29.6. The summed E-state index contributed by atoms with van der Waals surface area (Å²) in [6.07, 6.45) is 5.42. The molecule has 0 atom stereocenters. The summed E-state index contributed by atoms with van der Waals surface area (Å²) >= 11 is 0. The lowest BCUT2D eigenvalue weighted by Gasteiger charge is -2.26. The number of para-hydroxylation sites is 1. The lowest BCUT2D eigenvalue weighted by atomic mass is 10.1. The second-order valence-electron chi connectivity index (χ2n) is 11.7. The number of hydrogen-bond donors (Lipinski definition) is 4. The number of hydrogen-bond acceptors (Lipinski definition) is 11. The predicted octanol–water partition coefficient (Wildman–Crippen LogP) is 4.79. The van der Waals surface area contributed by atoms with E-state index in [1.807, 2.05) is 74.2 Å². The van der Waals surface area contributed by atoms with Crippen LogP contribution in [0.4, 0.5) is 23.0 Å². The van der Waals surface area contributed by atoms with Gasteiger partial charge in [0.1, 0.15) is 11.3 Å². The van der Waals surface area contributed by atoms with E-state index in [1.165, 1.54) is 12.3 Å². The van der Waals surface area contributed by atoms with E-state index in [4.69, 9.17) is 24.7 Å². The van der Waals surface area contributed by atoms with Crippen LogP contribution in [0.25, 0.3) is 22.2 Å². The highest BCUT2D eigenvalue weighted by atomic mass is 16.5. The monoisotopic (exact) mass is 701 g/mol. The summed E-state index contributed by atoms with van der Waals surface area (Å²) in [6, 6.07) is 11.5. The maximum atomic E-state index is 13.1. The number of nitrogens with one attached hydrogen (secondary N) is 2. The first kappa shape index (κ1) is 39.2. The van der Waals surface area contributed by atoms with Crippen LogP contribution in [0.2, 0.25) is 0 Å². The molecule has 4 rings (SSSR count). The molecule has 15 heteroatoms. The minimum absolute atomic E-state index is 0.233. The number of fused-ring (bicyclic) bond motifs is 1. The van der Waals surface area contributed by atoms with Crippen LogP contribution in [0.3, 0.4) is 0 Å². The van der Waals surface area contributed by atoms with Crippen LogP contribution >= 0.6 is 0 Å². The topological polar surface area (TPSA) is 188 Å². The van der Waals surface area contributed by atoms with Crippen molar-refractivity contribution in [1.82, 2.24) is 19.4 Å². The SMILES string of the molecule is C=CC(=O)Nc1cc(Nc2ncc(C(=O)OC(C)C)c(-c3cn(C)c4ccccc34)n2)c(OC)cc1N(C)CCN(C)C.O=C(O)/C=C/C(=O)O. The number of likely N-dealkylation sites (N-methyl/N-ethyl adjacent to an activating group) is 2. The average Bonchev–Trinajstić information content (AvgIpc) is 3.42. The third-order valence-corrected chi connectivity index (χ3v) is 7.17. The van der Waals surface area contributed by atoms with E-state index >= 15 is 0 Å². The number of ether oxygens (including phenoxy) is 2. The average molecular weight is 702 g/mol. The van der Waals surface area contributed by atoms with E-state index in [0.29, 0.717) is 41.5 Å². The predicted molar refractivity (Wildman–Crippen MR) is 196 cm³/mol. The third-order valence-electron chi connectivity index (χ3n) is 7.17. The maximum absolute atomic E-state index is 13.1. The van der Waals surface area contributed by atoms with Crippen molar-refractivity contribution in [3.63, 3.8) is 0 Å². The van der Waals surface area contributed by atoms with E-state index < -0.39 is 17.9 Å². The molecule has 0 aliphatic carbocycles. The van der Waals surface area contributed by atoms with Crippen molar-refractivity contribution >= 4 is 57.7 Å². The first-order valence-electron chi connectivity index (χ1n) is 15.7. The van der Waals surface area contributed by atoms with Gasteiger partial charge in [-0.1, -0.05) is 24.8 Å². The van der Waals surface area contributed by atoms with Crippen molar-refractivity contribution in [3.05, 3.63) is 79.2 Å². The normalized spacial score (nSPS) is 10.8. The fraction of sp³-hybridized carbons (Fsp3) is 0.278. The first-order chi connectivity index (χ1) is 24.1. The third kappa shape index (κ3) is 10.9. The molecule has 15 nitrogen and oxygen atoms in total. The molecule has 270 valence electrons. The minimum atomic E-state index is -1.26. The van der Waals surface area contributed by atoms with Crippen LogP contribution in [0.15, 0.2) is 73.6 Å². The highest BCUT2D eigenvalue weighted by molar-refractivity contribution is 6.04. The Labute approximate surface area is 295 Å². The Morgan fingerprint density at radius 1 is 1.02 bits per heavy atom. The molecule has 2 aromatic carbocycles. The van der Waals surface area contributed by atoms with Crippen LogP contribution in [0.1, 0.15) is 24.2 Å². The van der Waals surface area contributed by atoms with Gasteiger partial charge in [-0.25, -0.2) is 24.4 Å². The zero-order valence-electron chi connectivity index (χ0n) is 29.6. The summed E-state index contributed by atoms with van der Waals surface area (Å²) in [4.78, 5) is 58.0. The molecule has 51 heavy (non-hydrogen) atoms.